The van der Waals surface area contributed by atoms with Gasteiger partial charge in [0.25, 0.3) is 0 Å². The fourth-order valence-electron chi connectivity index (χ4n) is 2.18. The fourth-order valence-corrected chi connectivity index (χ4v) is 2.44. The summed E-state index contributed by atoms with van der Waals surface area (Å²) in [5, 5.41) is 3.49. The van der Waals surface area contributed by atoms with Crippen LogP contribution >= 0.6 is 15.9 Å². The smallest absolute Gasteiger partial charge is 0.0175 e. The van der Waals surface area contributed by atoms with Gasteiger partial charge in [-0.25, -0.2) is 0 Å². The monoisotopic (exact) mass is 283 g/mol. The van der Waals surface area contributed by atoms with Crippen LogP contribution in [0.5, 0.6) is 0 Å². The van der Waals surface area contributed by atoms with E-state index in [2.05, 4.69) is 66.3 Å². The van der Waals surface area contributed by atoms with Gasteiger partial charge >= 0.3 is 0 Å². The maximum atomic E-state index is 3.49. The number of likely N-dealkylation sites (N-methyl/N-ethyl adjacent to an activating group) is 1. The lowest BCUT2D eigenvalue weighted by Gasteiger charge is -2.32. The Kier molecular flexibility index (Phi) is 5.50. The first-order valence-electron chi connectivity index (χ1n) is 6.15. The molecule has 0 unspecified atom stereocenters. The predicted octanol–water partition coefficient (Wildman–Crippen LogP) is 4.12. The van der Waals surface area contributed by atoms with Crippen molar-refractivity contribution in [2.45, 2.75) is 39.0 Å². The van der Waals surface area contributed by atoms with Crippen molar-refractivity contribution in [3.63, 3.8) is 0 Å². The molecule has 0 fully saturated rings. The van der Waals surface area contributed by atoms with Gasteiger partial charge in [-0.1, -0.05) is 48.8 Å². The summed E-state index contributed by atoms with van der Waals surface area (Å²) in [5.74, 6) is 0. The topological polar surface area (TPSA) is 12.0 Å². The average Bonchev–Trinajstić information content (AvgIpc) is 2.33. The number of nitrogens with one attached hydrogen (secondary N) is 1. The summed E-state index contributed by atoms with van der Waals surface area (Å²) in [7, 11) is 0. The molecule has 0 aliphatic heterocycles. The minimum Gasteiger partial charge on any atom is -0.316 e. The van der Waals surface area contributed by atoms with E-state index in [0.717, 1.165) is 17.6 Å². The Bertz CT molecular complexity index is 301. The standard InChI is InChI=1S/C14H22BrN/c1-4-14(5-2,11-16-6-3)12-7-9-13(15)10-8-12/h7-10,16H,4-6,11H2,1-3H3. The summed E-state index contributed by atoms with van der Waals surface area (Å²) in [6.45, 7) is 8.83. The second-order valence-corrected chi connectivity index (χ2v) is 5.19. The van der Waals surface area contributed by atoms with E-state index in [0.29, 0.717) is 0 Å². The minimum absolute atomic E-state index is 0.288. The molecule has 1 nitrogen and oxygen atoms in total. The van der Waals surface area contributed by atoms with E-state index in [1.807, 2.05) is 0 Å². The molecule has 1 aromatic rings. The Hall–Kier alpha value is -0.340. The molecule has 90 valence electrons. The first-order valence-corrected chi connectivity index (χ1v) is 6.94. The molecule has 0 aliphatic rings. The third-order valence-electron chi connectivity index (χ3n) is 3.52. The van der Waals surface area contributed by atoms with Gasteiger partial charge in [0.05, 0.1) is 0 Å². The first kappa shape index (κ1) is 13.7. The van der Waals surface area contributed by atoms with Crippen LogP contribution in [0, 0.1) is 0 Å². The highest BCUT2D eigenvalue weighted by molar-refractivity contribution is 9.10. The molecule has 0 saturated carbocycles. The van der Waals surface area contributed by atoms with Crippen molar-refractivity contribution in [1.29, 1.82) is 0 Å². The van der Waals surface area contributed by atoms with E-state index >= 15 is 0 Å². The summed E-state index contributed by atoms with van der Waals surface area (Å²) < 4.78 is 1.15. The molecule has 16 heavy (non-hydrogen) atoms. The summed E-state index contributed by atoms with van der Waals surface area (Å²) in [4.78, 5) is 0. The normalized spacial score (nSPS) is 11.8. The Labute approximate surface area is 108 Å². The zero-order valence-corrected chi connectivity index (χ0v) is 12.1. The largest absolute Gasteiger partial charge is 0.316 e. The SMILES string of the molecule is CCNCC(CC)(CC)c1ccc(Br)cc1. The van der Waals surface area contributed by atoms with Crippen molar-refractivity contribution < 1.29 is 0 Å². The van der Waals surface area contributed by atoms with Crippen molar-refractivity contribution in [1.82, 2.24) is 5.32 Å². The second-order valence-electron chi connectivity index (χ2n) is 4.27. The number of rotatable bonds is 6. The second kappa shape index (κ2) is 6.41. The Morgan fingerprint density at radius 1 is 1.06 bits per heavy atom. The lowest BCUT2D eigenvalue weighted by Crippen LogP contribution is -2.37. The third-order valence-corrected chi connectivity index (χ3v) is 4.05. The maximum absolute atomic E-state index is 3.49. The number of hydrogen-bond acceptors (Lipinski definition) is 1. The van der Waals surface area contributed by atoms with Crippen molar-refractivity contribution in [2.24, 2.45) is 0 Å². The Balaban J connectivity index is 2.95. The number of halogens is 1. The highest BCUT2D eigenvalue weighted by Crippen LogP contribution is 2.31. The Morgan fingerprint density at radius 2 is 1.62 bits per heavy atom. The third kappa shape index (κ3) is 3.08. The van der Waals surface area contributed by atoms with Crippen LogP contribution in [0.15, 0.2) is 28.7 Å². The van der Waals surface area contributed by atoms with Crippen LogP contribution in [0.3, 0.4) is 0 Å². The zero-order chi connectivity index (χ0) is 12.0. The molecule has 2 heteroatoms. The fraction of sp³-hybridized carbons (Fsp3) is 0.571. The molecule has 0 atom stereocenters. The van der Waals surface area contributed by atoms with Crippen molar-refractivity contribution in [2.75, 3.05) is 13.1 Å². The van der Waals surface area contributed by atoms with Gasteiger partial charge in [-0.15, -0.1) is 0 Å². The zero-order valence-electron chi connectivity index (χ0n) is 10.5. The van der Waals surface area contributed by atoms with Gasteiger partial charge in [-0.3, -0.25) is 0 Å². The van der Waals surface area contributed by atoms with Gasteiger partial charge in [-0.05, 0) is 37.1 Å². The van der Waals surface area contributed by atoms with Gasteiger partial charge in [0.2, 0.25) is 0 Å². The molecule has 0 saturated heterocycles. The van der Waals surface area contributed by atoms with Crippen LogP contribution in [-0.4, -0.2) is 13.1 Å². The summed E-state index contributed by atoms with van der Waals surface area (Å²) >= 11 is 3.49. The molecule has 1 aromatic carbocycles. The van der Waals surface area contributed by atoms with Crippen LogP contribution in [0.1, 0.15) is 39.2 Å². The predicted molar refractivity (Wildman–Crippen MR) is 74.9 cm³/mol. The van der Waals surface area contributed by atoms with Gasteiger partial charge in [0.15, 0.2) is 0 Å². The van der Waals surface area contributed by atoms with E-state index in [9.17, 15) is 0 Å². The lowest BCUT2D eigenvalue weighted by atomic mass is 9.76. The Morgan fingerprint density at radius 3 is 2.06 bits per heavy atom. The molecule has 0 radical (unpaired) electrons. The van der Waals surface area contributed by atoms with Crippen molar-refractivity contribution >= 4 is 15.9 Å². The number of hydrogen-bond donors (Lipinski definition) is 1. The number of benzene rings is 1. The molecule has 0 amide bonds. The van der Waals surface area contributed by atoms with E-state index in [4.69, 9.17) is 0 Å². The molecule has 1 N–H and O–H groups in total. The minimum atomic E-state index is 0.288. The maximum Gasteiger partial charge on any atom is 0.0175 e. The van der Waals surface area contributed by atoms with Crippen LogP contribution in [0.2, 0.25) is 0 Å². The van der Waals surface area contributed by atoms with E-state index in [1.54, 1.807) is 0 Å². The molecule has 1 rings (SSSR count). The average molecular weight is 284 g/mol. The molecular formula is C14H22BrN. The van der Waals surface area contributed by atoms with Gasteiger partial charge in [0.1, 0.15) is 0 Å². The highest BCUT2D eigenvalue weighted by atomic mass is 79.9. The van der Waals surface area contributed by atoms with E-state index in [-0.39, 0.29) is 5.41 Å². The van der Waals surface area contributed by atoms with Crippen LogP contribution in [-0.2, 0) is 5.41 Å². The van der Waals surface area contributed by atoms with Gasteiger partial charge < -0.3 is 5.32 Å². The summed E-state index contributed by atoms with van der Waals surface area (Å²) in [6.07, 6.45) is 2.36. The van der Waals surface area contributed by atoms with Crippen LogP contribution < -0.4 is 5.32 Å². The molecule has 0 aromatic heterocycles. The van der Waals surface area contributed by atoms with E-state index < -0.39 is 0 Å². The van der Waals surface area contributed by atoms with Gasteiger partial charge in [0, 0.05) is 16.4 Å². The molecule has 0 bridgehead atoms. The molecule has 0 spiro atoms. The summed E-state index contributed by atoms with van der Waals surface area (Å²) in [5.41, 5.74) is 1.73. The van der Waals surface area contributed by atoms with Crippen molar-refractivity contribution in [3.8, 4) is 0 Å². The molecule has 0 aliphatic carbocycles. The highest BCUT2D eigenvalue weighted by Gasteiger charge is 2.27. The first-order chi connectivity index (χ1) is 7.68. The van der Waals surface area contributed by atoms with Crippen LogP contribution in [0.25, 0.3) is 0 Å². The van der Waals surface area contributed by atoms with Crippen molar-refractivity contribution in [3.05, 3.63) is 34.3 Å². The quantitative estimate of drug-likeness (QED) is 0.828. The molecule has 0 heterocycles. The summed E-state index contributed by atoms with van der Waals surface area (Å²) in [6, 6.07) is 8.77. The lowest BCUT2D eigenvalue weighted by molar-refractivity contribution is 0.372. The van der Waals surface area contributed by atoms with E-state index in [1.165, 1.54) is 18.4 Å². The van der Waals surface area contributed by atoms with Crippen LogP contribution in [0.4, 0.5) is 0 Å². The van der Waals surface area contributed by atoms with Gasteiger partial charge in [-0.2, -0.15) is 0 Å². The molecular weight excluding hydrogens is 262 g/mol.